The lowest BCUT2D eigenvalue weighted by atomic mass is 10.1. The SMILES string of the molecule is COc1cc2cc(CNc3ccc(N4CCN(C)CC4)cc3)c(=O)[nH]c2cc1OC. The maximum absolute atomic E-state index is 12.5. The fourth-order valence-corrected chi connectivity index (χ4v) is 3.76. The maximum atomic E-state index is 12.5. The summed E-state index contributed by atoms with van der Waals surface area (Å²) in [5, 5.41) is 4.25. The van der Waals surface area contributed by atoms with Crippen LogP contribution >= 0.6 is 0 Å². The van der Waals surface area contributed by atoms with E-state index in [1.165, 1.54) is 5.69 Å². The fourth-order valence-electron chi connectivity index (χ4n) is 3.76. The molecule has 1 fully saturated rings. The van der Waals surface area contributed by atoms with E-state index in [0.29, 0.717) is 23.6 Å². The molecule has 0 atom stereocenters. The first-order valence-electron chi connectivity index (χ1n) is 10.1. The molecule has 4 rings (SSSR count). The van der Waals surface area contributed by atoms with Crippen LogP contribution in [0.1, 0.15) is 5.56 Å². The van der Waals surface area contributed by atoms with Crippen molar-refractivity contribution in [2.24, 2.45) is 0 Å². The van der Waals surface area contributed by atoms with E-state index >= 15 is 0 Å². The van der Waals surface area contributed by atoms with Crippen molar-refractivity contribution in [3.8, 4) is 11.5 Å². The van der Waals surface area contributed by atoms with Gasteiger partial charge in [0.15, 0.2) is 11.5 Å². The number of aromatic nitrogens is 1. The minimum Gasteiger partial charge on any atom is -0.493 e. The molecule has 0 unspecified atom stereocenters. The van der Waals surface area contributed by atoms with Gasteiger partial charge in [-0.2, -0.15) is 0 Å². The van der Waals surface area contributed by atoms with Gasteiger partial charge in [-0.05, 0) is 43.4 Å². The molecule has 1 saturated heterocycles. The van der Waals surface area contributed by atoms with Gasteiger partial charge in [0.2, 0.25) is 0 Å². The summed E-state index contributed by atoms with van der Waals surface area (Å²) in [5.74, 6) is 1.22. The number of nitrogens with one attached hydrogen (secondary N) is 2. The van der Waals surface area contributed by atoms with E-state index in [1.807, 2.05) is 12.1 Å². The lowest BCUT2D eigenvalue weighted by Crippen LogP contribution is -2.44. The highest BCUT2D eigenvalue weighted by molar-refractivity contribution is 5.83. The molecule has 1 aliphatic rings. The summed E-state index contributed by atoms with van der Waals surface area (Å²) >= 11 is 0. The highest BCUT2D eigenvalue weighted by atomic mass is 16.5. The van der Waals surface area contributed by atoms with Crippen molar-refractivity contribution >= 4 is 22.3 Å². The molecule has 158 valence electrons. The van der Waals surface area contributed by atoms with E-state index in [9.17, 15) is 4.79 Å². The van der Waals surface area contributed by atoms with Crippen molar-refractivity contribution in [2.45, 2.75) is 6.54 Å². The number of aromatic amines is 1. The van der Waals surface area contributed by atoms with Crippen molar-refractivity contribution in [3.63, 3.8) is 0 Å². The fraction of sp³-hybridized carbons (Fsp3) is 0.348. The van der Waals surface area contributed by atoms with E-state index in [0.717, 1.165) is 42.8 Å². The van der Waals surface area contributed by atoms with Crippen LogP contribution < -0.4 is 25.2 Å². The number of fused-ring (bicyclic) bond motifs is 1. The summed E-state index contributed by atoms with van der Waals surface area (Å²) in [6.07, 6.45) is 0. The molecule has 0 aliphatic carbocycles. The first-order chi connectivity index (χ1) is 14.6. The molecule has 0 saturated carbocycles. The van der Waals surface area contributed by atoms with Crippen LogP contribution in [0.25, 0.3) is 10.9 Å². The Morgan fingerprint density at radius 3 is 2.30 bits per heavy atom. The van der Waals surface area contributed by atoms with Gasteiger partial charge in [-0.1, -0.05) is 0 Å². The molecule has 0 bridgehead atoms. The first-order valence-corrected chi connectivity index (χ1v) is 10.1. The monoisotopic (exact) mass is 408 g/mol. The van der Waals surface area contributed by atoms with Crippen LogP contribution in [0.5, 0.6) is 11.5 Å². The van der Waals surface area contributed by atoms with Crippen LogP contribution in [-0.2, 0) is 6.54 Å². The van der Waals surface area contributed by atoms with E-state index in [1.54, 1.807) is 20.3 Å². The van der Waals surface area contributed by atoms with Gasteiger partial charge in [-0.3, -0.25) is 4.79 Å². The molecule has 0 spiro atoms. The summed E-state index contributed by atoms with van der Waals surface area (Å²) in [6.45, 7) is 4.70. The molecule has 7 heteroatoms. The Labute approximate surface area is 176 Å². The van der Waals surface area contributed by atoms with Crippen LogP contribution in [-0.4, -0.2) is 57.3 Å². The minimum atomic E-state index is -0.115. The van der Waals surface area contributed by atoms with Crippen molar-refractivity contribution in [1.29, 1.82) is 0 Å². The van der Waals surface area contributed by atoms with Crippen molar-refractivity contribution < 1.29 is 9.47 Å². The Bertz CT molecular complexity index is 1070. The van der Waals surface area contributed by atoms with Gasteiger partial charge in [0, 0.05) is 61.1 Å². The second-order valence-electron chi connectivity index (χ2n) is 7.61. The molecular weight excluding hydrogens is 380 g/mol. The standard InChI is InChI=1S/C23H28N4O3/c1-26-8-10-27(11-9-26)19-6-4-18(5-7-19)24-15-17-12-16-13-21(29-2)22(30-3)14-20(16)25-23(17)28/h4-7,12-14,24H,8-11,15H2,1-3H3,(H,25,28). The van der Waals surface area contributed by atoms with Gasteiger partial charge in [0.05, 0.1) is 19.7 Å². The number of likely N-dealkylation sites (N-methyl/N-ethyl adjacent to an activating group) is 1. The smallest absolute Gasteiger partial charge is 0.253 e. The van der Waals surface area contributed by atoms with Crippen LogP contribution in [0.2, 0.25) is 0 Å². The molecule has 0 amide bonds. The third-order valence-corrected chi connectivity index (χ3v) is 5.64. The number of nitrogens with zero attached hydrogens (tertiary/aromatic N) is 2. The molecule has 7 nitrogen and oxygen atoms in total. The zero-order chi connectivity index (χ0) is 21.1. The van der Waals surface area contributed by atoms with Gasteiger partial charge < -0.3 is 29.6 Å². The molecule has 30 heavy (non-hydrogen) atoms. The lowest BCUT2D eigenvalue weighted by Gasteiger charge is -2.34. The van der Waals surface area contributed by atoms with Gasteiger partial charge >= 0.3 is 0 Å². The van der Waals surface area contributed by atoms with Crippen molar-refractivity contribution in [3.05, 3.63) is 58.4 Å². The summed E-state index contributed by atoms with van der Waals surface area (Å²) in [4.78, 5) is 20.2. The highest BCUT2D eigenvalue weighted by Crippen LogP contribution is 2.31. The summed E-state index contributed by atoms with van der Waals surface area (Å²) in [6, 6.07) is 13.9. The van der Waals surface area contributed by atoms with E-state index in [4.69, 9.17) is 9.47 Å². The first kappa shape index (κ1) is 20.1. The summed E-state index contributed by atoms with van der Waals surface area (Å²) in [7, 11) is 5.34. The molecule has 2 heterocycles. The van der Waals surface area contributed by atoms with Gasteiger partial charge in [0.1, 0.15) is 0 Å². The average molecular weight is 409 g/mol. The van der Waals surface area contributed by atoms with Gasteiger partial charge in [0.25, 0.3) is 5.56 Å². The molecule has 1 aromatic heterocycles. The van der Waals surface area contributed by atoms with Gasteiger partial charge in [-0.15, -0.1) is 0 Å². The van der Waals surface area contributed by atoms with Crippen LogP contribution in [0.3, 0.4) is 0 Å². The number of anilines is 2. The maximum Gasteiger partial charge on any atom is 0.253 e. The normalized spacial score (nSPS) is 14.7. The number of hydrogen-bond acceptors (Lipinski definition) is 6. The Morgan fingerprint density at radius 2 is 1.63 bits per heavy atom. The van der Waals surface area contributed by atoms with Gasteiger partial charge in [-0.25, -0.2) is 0 Å². The summed E-state index contributed by atoms with van der Waals surface area (Å²) in [5.41, 5.74) is 3.49. The molecule has 2 N–H and O–H groups in total. The number of methoxy groups -OCH3 is 2. The average Bonchev–Trinajstić information content (AvgIpc) is 2.77. The highest BCUT2D eigenvalue weighted by Gasteiger charge is 2.14. The summed E-state index contributed by atoms with van der Waals surface area (Å²) < 4.78 is 10.7. The Kier molecular flexibility index (Phi) is 5.81. The molecular formula is C23H28N4O3. The minimum absolute atomic E-state index is 0.115. The Morgan fingerprint density at radius 1 is 0.967 bits per heavy atom. The molecule has 2 aromatic carbocycles. The van der Waals surface area contributed by atoms with Crippen LogP contribution in [0.4, 0.5) is 11.4 Å². The largest absolute Gasteiger partial charge is 0.493 e. The van der Waals surface area contributed by atoms with Crippen LogP contribution in [0.15, 0.2) is 47.3 Å². The Hall–Kier alpha value is -3.19. The zero-order valence-corrected chi connectivity index (χ0v) is 17.7. The second-order valence-corrected chi connectivity index (χ2v) is 7.61. The lowest BCUT2D eigenvalue weighted by molar-refractivity contribution is 0.313. The van der Waals surface area contributed by atoms with E-state index in [2.05, 4.69) is 51.4 Å². The van der Waals surface area contributed by atoms with Crippen LogP contribution in [0, 0.1) is 0 Å². The van der Waals surface area contributed by atoms with E-state index < -0.39 is 0 Å². The molecule has 1 aliphatic heterocycles. The predicted molar refractivity (Wildman–Crippen MR) is 121 cm³/mol. The molecule has 3 aromatic rings. The third-order valence-electron chi connectivity index (χ3n) is 5.64. The predicted octanol–water partition coefficient (Wildman–Crippen LogP) is 2.91. The number of piperazine rings is 1. The number of pyridine rings is 1. The van der Waals surface area contributed by atoms with Crippen molar-refractivity contribution in [2.75, 3.05) is 57.7 Å². The van der Waals surface area contributed by atoms with Crippen molar-refractivity contribution in [1.82, 2.24) is 9.88 Å². The molecule has 0 radical (unpaired) electrons. The third kappa shape index (κ3) is 4.21. The van der Waals surface area contributed by atoms with E-state index in [-0.39, 0.29) is 5.56 Å². The number of hydrogen-bond donors (Lipinski definition) is 2. The second kappa shape index (κ2) is 8.67. The number of ether oxygens (including phenoxy) is 2. The number of rotatable bonds is 6. The number of benzene rings is 2. The quantitative estimate of drug-likeness (QED) is 0.654. The zero-order valence-electron chi connectivity index (χ0n) is 17.7. The topological polar surface area (TPSA) is 69.8 Å². The number of H-pyrrole nitrogens is 1. The Balaban J connectivity index is 1.47.